The molecule has 0 radical (unpaired) electrons. The lowest BCUT2D eigenvalue weighted by molar-refractivity contribution is -0.889. The first-order valence-electron chi connectivity index (χ1n) is 19.4. The van der Waals surface area contributed by atoms with Crippen molar-refractivity contribution in [1.29, 1.82) is 0 Å². The number of likely N-dealkylation sites (N-methyl/N-ethyl adjacent to an activating group) is 1. The minimum absolute atomic E-state index is 0.0338. The Hall–Kier alpha value is -2.19. The van der Waals surface area contributed by atoms with Crippen molar-refractivity contribution >= 4 is 17.9 Å². The first-order valence-corrected chi connectivity index (χ1v) is 19.4. The Morgan fingerprint density at radius 1 is 0.646 bits per heavy atom. The first kappa shape index (κ1) is 45.8. The van der Waals surface area contributed by atoms with Gasteiger partial charge in [-0.1, -0.05) is 128 Å². The lowest BCUT2D eigenvalue weighted by atomic mass is 10.0. The number of rotatable bonds is 34. The van der Waals surface area contributed by atoms with Crippen molar-refractivity contribution in [1.82, 2.24) is 0 Å². The van der Waals surface area contributed by atoms with E-state index in [0.29, 0.717) is 12.8 Å². The molecule has 0 bridgehead atoms. The molecule has 2 unspecified atom stereocenters. The van der Waals surface area contributed by atoms with Gasteiger partial charge in [-0.2, -0.15) is 0 Å². The molecule has 8 heteroatoms. The molecule has 0 N–H and O–H groups in total. The lowest BCUT2D eigenvalue weighted by Crippen LogP contribution is -2.55. The molecule has 0 rings (SSSR count). The van der Waals surface area contributed by atoms with Gasteiger partial charge in [-0.15, -0.1) is 0 Å². The van der Waals surface area contributed by atoms with Gasteiger partial charge in [-0.05, 0) is 38.5 Å². The number of ether oxygens (including phenoxy) is 3. The number of aliphatic carboxylic acids is 1. The fourth-order valence-electron chi connectivity index (χ4n) is 5.58. The summed E-state index contributed by atoms with van der Waals surface area (Å²) in [5.74, 6) is -1.78. The van der Waals surface area contributed by atoms with E-state index in [4.69, 9.17) is 14.2 Å². The highest BCUT2D eigenvalue weighted by atomic mass is 16.6. The predicted octanol–water partition coefficient (Wildman–Crippen LogP) is 8.41. The molecule has 0 spiro atoms. The summed E-state index contributed by atoms with van der Waals surface area (Å²) < 4.78 is 17.0. The van der Waals surface area contributed by atoms with Crippen molar-refractivity contribution in [2.45, 2.75) is 174 Å². The molecule has 0 fully saturated rings. The zero-order valence-corrected chi connectivity index (χ0v) is 31.7. The summed E-state index contributed by atoms with van der Waals surface area (Å²) in [6.45, 7) is 4.50. The maximum absolute atomic E-state index is 12.6. The highest BCUT2D eigenvalue weighted by Crippen LogP contribution is 2.15. The van der Waals surface area contributed by atoms with Gasteiger partial charge in [0.1, 0.15) is 12.6 Å². The number of hydrogen-bond donors (Lipinski definition) is 0. The van der Waals surface area contributed by atoms with Crippen LogP contribution in [0.1, 0.15) is 162 Å². The quantitative estimate of drug-likeness (QED) is 0.0291. The Morgan fingerprint density at radius 2 is 1.17 bits per heavy atom. The summed E-state index contributed by atoms with van der Waals surface area (Å²) in [6, 6.07) is -0.725. The largest absolute Gasteiger partial charge is 0.544 e. The van der Waals surface area contributed by atoms with E-state index in [9.17, 15) is 19.5 Å². The third-order valence-corrected chi connectivity index (χ3v) is 8.60. The van der Waals surface area contributed by atoms with Gasteiger partial charge >= 0.3 is 11.9 Å². The van der Waals surface area contributed by atoms with E-state index in [1.165, 1.54) is 77.0 Å². The molecule has 0 saturated carbocycles. The molecule has 48 heavy (non-hydrogen) atoms. The molecule has 0 amide bonds. The molecular weight excluding hydrogens is 606 g/mol. The normalized spacial score (nSPS) is 13.3. The van der Waals surface area contributed by atoms with Gasteiger partial charge in [-0.25, -0.2) is 0 Å². The van der Waals surface area contributed by atoms with Crippen LogP contribution in [0.2, 0.25) is 0 Å². The van der Waals surface area contributed by atoms with Gasteiger partial charge < -0.3 is 28.6 Å². The maximum atomic E-state index is 12.6. The Kier molecular flexibility index (Phi) is 30.6. The van der Waals surface area contributed by atoms with Crippen LogP contribution in [0.4, 0.5) is 0 Å². The summed E-state index contributed by atoms with van der Waals surface area (Å²) in [4.78, 5) is 36.6. The SMILES string of the molecule is CC/C=C/C/C=C/CCCCC(=O)OCC(COCCC(C(=O)[O-])[N+](C)(C)C)OC(=O)CCCCCCCCCCCCCCCCC. The number of unbranched alkanes of at least 4 members (excludes halogenated alkanes) is 16. The number of carboxylic acid groups (broad SMARTS) is 1. The average Bonchev–Trinajstić information content (AvgIpc) is 3.03. The van der Waals surface area contributed by atoms with E-state index in [2.05, 4.69) is 38.2 Å². The number of carbonyl (C=O) groups excluding carboxylic acids is 3. The number of quaternary nitrogens is 1. The minimum atomic E-state index is -1.13. The van der Waals surface area contributed by atoms with Crippen LogP contribution >= 0.6 is 0 Å². The van der Waals surface area contributed by atoms with Crippen molar-refractivity contribution in [3.63, 3.8) is 0 Å². The Labute approximate surface area is 294 Å². The Morgan fingerprint density at radius 3 is 1.71 bits per heavy atom. The molecular formula is C40H73NO7. The van der Waals surface area contributed by atoms with E-state index >= 15 is 0 Å². The van der Waals surface area contributed by atoms with Crippen molar-refractivity contribution in [3.8, 4) is 0 Å². The number of esters is 2. The summed E-state index contributed by atoms with van der Waals surface area (Å²) in [5.41, 5.74) is 0. The maximum Gasteiger partial charge on any atom is 0.306 e. The molecule has 0 aromatic heterocycles. The summed E-state index contributed by atoms with van der Waals surface area (Å²) >= 11 is 0. The van der Waals surface area contributed by atoms with E-state index in [-0.39, 0.29) is 42.7 Å². The van der Waals surface area contributed by atoms with E-state index in [1.54, 1.807) is 21.1 Å². The minimum Gasteiger partial charge on any atom is -0.544 e. The van der Waals surface area contributed by atoms with Crippen molar-refractivity contribution in [2.24, 2.45) is 0 Å². The molecule has 0 aromatic rings. The zero-order valence-electron chi connectivity index (χ0n) is 31.7. The first-order chi connectivity index (χ1) is 23.1. The van der Waals surface area contributed by atoms with E-state index < -0.39 is 18.1 Å². The monoisotopic (exact) mass is 680 g/mol. The molecule has 0 aliphatic rings. The second-order valence-electron chi connectivity index (χ2n) is 14.1. The standard InChI is InChI=1S/C40H73NO7/c1-6-8-10-12-14-16-17-18-19-20-21-23-25-27-29-31-39(43)48-36(34-46-33-32-37(40(44)45)41(3,4)5)35-47-38(42)30-28-26-24-22-15-13-11-9-7-2/h9,11,15,22,36-37H,6-8,10,12-14,16-21,23-35H2,1-5H3/b11-9+,22-15+. The molecule has 0 saturated heterocycles. The van der Waals surface area contributed by atoms with Gasteiger partial charge in [0, 0.05) is 19.3 Å². The third-order valence-electron chi connectivity index (χ3n) is 8.60. The van der Waals surface area contributed by atoms with E-state index in [1.807, 2.05) is 0 Å². The smallest absolute Gasteiger partial charge is 0.306 e. The summed E-state index contributed by atoms with van der Waals surface area (Å²) in [6.07, 6.45) is 32.1. The Bertz CT molecular complexity index is 849. The van der Waals surface area contributed by atoms with Crippen LogP contribution in [0.5, 0.6) is 0 Å². The molecule has 280 valence electrons. The van der Waals surface area contributed by atoms with Gasteiger partial charge in [0.15, 0.2) is 6.10 Å². The highest BCUT2D eigenvalue weighted by Gasteiger charge is 2.25. The fraction of sp³-hybridized carbons (Fsp3) is 0.825. The third kappa shape index (κ3) is 29.9. The molecule has 2 atom stereocenters. The van der Waals surface area contributed by atoms with Gasteiger partial charge in [0.2, 0.25) is 0 Å². The van der Waals surface area contributed by atoms with Crippen molar-refractivity contribution in [2.75, 3.05) is 41.0 Å². The topological polar surface area (TPSA) is 102 Å². The molecule has 0 aromatic carbocycles. The van der Waals surface area contributed by atoms with Gasteiger partial charge in [-0.3, -0.25) is 9.59 Å². The van der Waals surface area contributed by atoms with Crippen LogP contribution in [0.25, 0.3) is 0 Å². The van der Waals surface area contributed by atoms with Crippen LogP contribution in [-0.2, 0) is 28.6 Å². The molecule has 0 heterocycles. The second kappa shape index (κ2) is 32.0. The average molecular weight is 680 g/mol. The fourth-order valence-corrected chi connectivity index (χ4v) is 5.58. The summed E-state index contributed by atoms with van der Waals surface area (Å²) in [5, 5.41) is 11.6. The number of carboxylic acids is 1. The van der Waals surface area contributed by atoms with Crippen LogP contribution in [0.3, 0.4) is 0 Å². The lowest BCUT2D eigenvalue weighted by Gasteiger charge is -2.34. The number of allylic oxidation sites excluding steroid dienone is 4. The Balaban J connectivity index is 4.39. The van der Waals surface area contributed by atoms with Crippen LogP contribution in [0, 0.1) is 0 Å². The van der Waals surface area contributed by atoms with Gasteiger partial charge in [0.25, 0.3) is 0 Å². The van der Waals surface area contributed by atoms with Crippen molar-refractivity contribution < 1.29 is 38.2 Å². The predicted molar refractivity (Wildman–Crippen MR) is 194 cm³/mol. The number of carbonyl (C=O) groups is 3. The van der Waals surface area contributed by atoms with Crippen molar-refractivity contribution in [3.05, 3.63) is 24.3 Å². The van der Waals surface area contributed by atoms with Crippen LogP contribution in [-0.4, -0.2) is 75.5 Å². The molecule has 0 aliphatic carbocycles. The second-order valence-corrected chi connectivity index (χ2v) is 14.1. The number of nitrogens with zero attached hydrogens (tertiary/aromatic N) is 1. The van der Waals surface area contributed by atoms with Gasteiger partial charge in [0.05, 0.1) is 40.3 Å². The number of hydrogen-bond acceptors (Lipinski definition) is 7. The van der Waals surface area contributed by atoms with Crippen LogP contribution < -0.4 is 5.11 Å². The molecule has 8 nitrogen and oxygen atoms in total. The highest BCUT2D eigenvalue weighted by molar-refractivity contribution is 5.70. The zero-order chi connectivity index (χ0) is 35.7. The molecule has 0 aliphatic heterocycles. The van der Waals surface area contributed by atoms with E-state index in [0.717, 1.165) is 51.4 Å². The summed E-state index contributed by atoms with van der Waals surface area (Å²) in [7, 11) is 5.39. The van der Waals surface area contributed by atoms with Crippen LogP contribution in [0.15, 0.2) is 24.3 Å².